The molecule has 3 atom stereocenters. The number of hydrogen-bond donors (Lipinski definition) is 1. The van der Waals surface area contributed by atoms with Crippen LogP contribution in [0.4, 0.5) is 0 Å². The second-order valence-electron chi connectivity index (χ2n) is 7.86. The average Bonchev–Trinajstić information content (AvgIpc) is 3.13. The van der Waals surface area contributed by atoms with E-state index in [-0.39, 0.29) is 16.7 Å². The van der Waals surface area contributed by atoms with Crippen LogP contribution in [-0.2, 0) is 22.2 Å². The number of benzene rings is 1. The van der Waals surface area contributed by atoms with Crippen molar-refractivity contribution in [2.75, 3.05) is 0 Å². The van der Waals surface area contributed by atoms with Gasteiger partial charge in [0.1, 0.15) is 0 Å². The lowest BCUT2D eigenvalue weighted by Crippen LogP contribution is -2.22. The molecule has 0 bridgehead atoms. The topological polar surface area (TPSA) is 73.0 Å². The van der Waals surface area contributed by atoms with E-state index in [0.29, 0.717) is 11.8 Å². The fraction of sp³-hybridized carbons (Fsp3) is 0.476. The standard InChI is InChI=1S/C21H25NO3S/c1-14-6-11-19(22-20(14)23)21(12-18(21)16-4-2-3-5-16)17-9-7-15(8-10-17)13-26(24)25/h6-11,16,18H,2-5,12-13H2,1H3,(H,22,23)(H,24,25)/p-1. The van der Waals surface area contributed by atoms with Gasteiger partial charge in [-0.15, -0.1) is 0 Å². The third kappa shape index (κ3) is 3.08. The Labute approximate surface area is 156 Å². The monoisotopic (exact) mass is 370 g/mol. The molecule has 5 heteroatoms. The van der Waals surface area contributed by atoms with Crippen LogP contribution in [0.3, 0.4) is 0 Å². The number of H-pyrrole nitrogens is 1. The van der Waals surface area contributed by atoms with E-state index >= 15 is 0 Å². The van der Waals surface area contributed by atoms with Crippen LogP contribution in [0.25, 0.3) is 0 Å². The maximum absolute atomic E-state index is 12.2. The molecule has 0 saturated heterocycles. The summed E-state index contributed by atoms with van der Waals surface area (Å²) in [6.45, 7) is 1.83. The minimum atomic E-state index is -2.08. The lowest BCUT2D eigenvalue weighted by molar-refractivity contribution is 0.442. The van der Waals surface area contributed by atoms with E-state index in [1.54, 1.807) is 0 Å². The van der Waals surface area contributed by atoms with Crippen molar-refractivity contribution < 1.29 is 8.76 Å². The van der Waals surface area contributed by atoms with Gasteiger partial charge in [0.15, 0.2) is 0 Å². The molecule has 4 rings (SSSR count). The van der Waals surface area contributed by atoms with Gasteiger partial charge in [-0.3, -0.25) is 9.00 Å². The fourth-order valence-electron chi connectivity index (χ4n) is 4.86. The molecule has 1 heterocycles. The number of rotatable bonds is 5. The predicted molar refractivity (Wildman–Crippen MR) is 102 cm³/mol. The first-order chi connectivity index (χ1) is 12.5. The highest BCUT2D eigenvalue weighted by molar-refractivity contribution is 7.78. The van der Waals surface area contributed by atoms with E-state index in [1.165, 1.54) is 31.2 Å². The van der Waals surface area contributed by atoms with E-state index < -0.39 is 11.1 Å². The summed E-state index contributed by atoms with van der Waals surface area (Å²) in [6, 6.07) is 11.9. The molecular weight excluding hydrogens is 346 g/mol. The second-order valence-corrected chi connectivity index (χ2v) is 8.75. The van der Waals surface area contributed by atoms with Gasteiger partial charge in [-0.25, -0.2) is 0 Å². The van der Waals surface area contributed by atoms with Gasteiger partial charge in [-0.2, -0.15) is 0 Å². The van der Waals surface area contributed by atoms with Crippen LogP contribution < -0.4 is 5.56 Å². The molecule has 0 spiro atoms. The molecule has 2 saturated carbocycles. The van der Waals surface area contributed by atoms with Crippen LogP contribution in [-0.4, -0.2) is 13.7 Å². The van der Waals surface area contributed by atoms with Crippen molar-refractivity contribution in [2.45, 2.75) is 50.2 Å². The third-order valence-corrected chi connectivity index (χ3v) is 6.89. The summed E-state index contributed by atoms with van der Waals surface area (Å²) in [5.41, 5.74) is 3.58. The summed E-state index contributed by atoms with van der Waals surface area (Å²) in [5, 5.41) is 0. The van der Waals surface area contributed by atoms with Crippen LogP contribution in [0.2, 0.25) is 0 Å². The molecule has 0 amide bonds. The zero-order valence-electron chi connectivity index (χ0n) is 15.0. The number of aryl methyl sites for hydroxylation is 1. The lowest BCUT2D eigenvalue weighted by atomic mass is 9.84. The molecule has 1 N–H and O–H groups in total. The summed E-state index contributed by atoms with van der Waals surface area (Å²) in [5.74, 6) is 1.32. The zero-order valence-corrected chi connectivity index (χ0v) is 15.8. The summed E-state index contributed by atoms with van der Waals surface area (Å²) in [7, 11) is 0. The van der Waals surface area contributed by atoms with Gasteiger partial charge >= 0.3 is 0 Å². The van der Waals surface area contributed by atoms with Gasteiger partial charge in [-0.1, -0.05) is 67.1 Å². The number of hydrogen-bond acceptors (Lipinski definition) is 3. The van der Waals surface area contributed by atoms with Crippen molar-refractivity contribution in [1.82, 2.24) is 4.98 Å². The average molecular weight is 370 g/mol. The maximum atomic E-state index is 12.2. The Hall–Kier alpha value is -1.72. The predicted octanol–water partition coefficient (Wildman–Crippen LogP) is 3.56. The molecule has 1 aromatic heterocycles. The number of nitrogens with one attached hydrogen (secondary N) is 1. The lowest BCUT2D eigenvalue weighted by Gasteiger charge is -2.22. The van der Waals surface area contributed by atoms with Crippen molar-refractivity contribution in [3.05, 3.63) is 69.1 Å². The fourth-order valence-corrected chi connectivity index (χ4v) is 5.32. The van der Waals surface area contributed by atoms with Gasteiger partial charge in [0.2, 0.25) is 0 Å². The van der Waals surface area contributed by atoms with Gasteiger partial charge in [0.05, 0.1) is 0 Å². The molecule has 4 nitrogen and oxygen atoms in total. The molecule has 138 valence electrons. The van der Waals surface area contributed by atoms with E-state index in [1.807, 2.05) is 25.1 Å². The highest BCUT2D eigenvalue weighted by atomic mass is 32.2. The molecule has 1 aromatic carbocycles. The first-order valence-electron chi connectivity index (χ1n) is 9.36. The van der Waals surface area contributed by atoms with Crippen LogP contribution in [0.15, 0.2) is 41.2 Å². The molecule has 2 aliphatic rings. The molecule has 3 unspecified atom stereocenters. The van der Waals surface area contributed by atoms with E-state index in [9.17, 15) is 13.6 Å². The molecular formula is C21H24NO3S-. The zero-order chi connectivity index (χ0) is 18.3. The highest BCUT2D eigenvalue weighted by Gasteiger charge is 2.60. The Balaban J connectivity index is 1.73. The summed E-state index contributed by atoms with van der Waals surface area (Å²) in [6.07, 6.45) is 6.21. The van der Waals surface area contributed by atoms with Gasteiger partial charge in [-0.05, 0) is 42.4 Å². The van der Waals surface area contributed by atoms with Crippen LogP contribution in [0.5, 0.6) is 0 Å². The number of aromatic amines is 1. The Morgan fingerprint density at radius 1 is 1.15 bits per heavy atom. The molecule has 2 aliphatic carbocycles. The summed E-state index contributed by atoms with van der Waals surface area (Å²) < 4.78 is 21.9. The van der Waals surface area contributed by atoms with Crippen LogP contribution in [0, 0.1) is 18.8 Å². The Morgan fingerprint density at radius 3 is 2.46 bits per heavy atom. The Morgan fingerprint density at radius 2 is 1.85 bits per heavy atom. The molecule has 2 aromatic rings. The summed E-state index contributed by atoms with van der Waals surface area (Å²) >= 11 is -2.08. The Kier molecular flexibility index (Phi) is 4.61. The number of pyridine rings is 1. The molecule has 0 aliphatic heterocycles. The first-order valence-corrected chi connectivity index (χ1v) is 10.6. The quantitative estimate of drug-likeness (QED) is 0.818. The third-order valence-electron chi connectivity index (χ3n) is 6.32. The van der Waals surface area contributed by atoms with Gasteiger partial charge in [0.25, 0.3) is 5.56 Å². The van der Waals surface area contributed by atoms with Crippen molar-refractivity contribution >= 4 is 11.1 Å². The van der Waals surface area contributed by atoms with Gasteiger partial charge in [0, 0.05) is 22.4 Å². The normalized spacial score (nSPS) is 26.8. The molecule has 0 radical (unpaired) electrons. The van der Waals surface area contributed by atoms with Gasteiger partial charge < -0.3 is 9.54 Å². The molecule has 2 fully saturated rings. The van der Waals surface area contributed by atoms with Crippen LogP contribution >= 0.6 is 0 Å². The molecule has 26 heavy (non-hydrogen) atoms. The number of aromatic nitrogens is 1. The highest BCUT2D eigenvalue weighted by Crippen LogP contribution is 2.63. The van der Waals surface area contributed by atoms with E-state index in [0.717, 1.165) is 23.2 Å². The second kappa shape index (κ2) is 6.78. The minimum Gasteiger partial charge on any atom is -0.772 e. The largest absolute Gasteiger partial charge is 0.772 e. The SMILES string of the molecule is Cc1ccc(C2(c3ccc(CS(=O)[O-])cc3)CC2C2CCCC2)[nH]c1=O. The minimum absolute atomic E-state index is 0.0164. The van der Waals surface area contributed by atoms with E-state index in [4.69, 9.17) is 0 Å². The van der Waals surface area contributed by atoms with E-state index in [2.05, 4.69) is 23.2 Å². The summed E-state index contributed by atoms with van der Waals surface area (Å²) in [4.78, 5) is 15.3. The van der Waals surface area contributed by atoms with Crippen molar-refractivity contribution in [3.8, 4) is 0 Å². The van der Waals surface area contributed by atoms with Crippen molar-refractivity contribution in [2.24, 2.45) is 11.8 Å². The Bertz CT molecular complexity index is 883. The maximum Gasteiger partial charge on any atom is 0.251 e. The smallest absolute Gasteiger partial charge is 0.251 e. The van der Waals surface area contributed by atoms with Crippen LogP contribution in [0.1, 0.15) is 54.5 Å². The van der Waals surface area contributed by atoms with Crippen molar-refractivity contribution in [3.63, 3.8) is 0 Å². The van der Waals surface area contributed by atoms with Crippen molar-refractivity contribution in [1.29, 1.82) is 0 Å². The first kappa shape index (κ1) is 17.7.